The average Bonchev–Trinajstić information content (AvgIpc) is 3.81. The van der Waals surface area contributed by atoms with Crippen LogP contribution >= 0.6 is 22.7 Å². The first kappa shape index (κ1) is 25.4. The summed E-state index contributed by atoms with van der Waals surface area (Å²) < 4.78 is 2.12. The van der Waals surface area contributed by atoms with E-state index in [0.717, 1.165) is 48.4 Å². The summed E-state index contributed by atoms with van der Waals surface area (Å²) in [7, 11) is 0. The molecular weight excluding hydrogens is 577 g/mol. The maximum atomic E-state index is 13.5. The Bertz CT molecular complexity index is 2140. The van der Waals surface area contributed by atoms with Gasteiger partial charge in [-0.05, 0) is 59.2 Å². The maximum Gasteiger partial charge on any atom is 0.209 e. The van der Waals surface area contributed by atoms with Gasteiger partial charge in [-0.15, -0.1) is 0 Å². The highest BCUT2D eigenvalue weighted by atomic mass is 32.1. The molecule has 0 saturated carbocycles. The molecule has 1 unspecified atom stereocenters. The van der Waals surface area contributed by atoms with E-state index in [0.29, 0.717) is 39.9 Å². The molecule has 0 aliphatic heterocycles. The summed E-state index contributed by atoms with van der Waals surface area (Å²) in [6, 6.07) is 23.6. The zero-order chi connectivity index (χ0) is 28.9. The van der Waals surface area contributed by atoms with Crippen molar-refractivity contribution < 1.29 is 4.79 Å². The molecule has 0 amide bonds. The number of carbonyl (C=O) groups is 1. The normalized spacial score (nSPS) is 17.5. The molecule has 0 radical (unpaired) electrons. The van der Waals surface area contributed by atoms with Crippen LogP contribution in [0.15, 0.2) is 89.3 Å². The van der Waals surface area contributed by atoms with E-state index < -0.39 is 0 Å². The SMILES string of the molecule is N#Cc1cc2c(c(C3C/C(=N/Nc4nc5ccccc5s4)c4cnccc43)c1)C/C(=N/Nc1nc3ccccc3s1)C2=O. The molecular formula is C32H20N8OS2. The molecule has 6 aromatic rings. The number of carbonyl (C=O) groups excluding carboxylic acids is 1. The van der Waals surface area contributed by atoms with Gasteiger partial charge < -0.3 is 0 Å². The van der Waals surface area contributed by atoms with Crippen LogP contribution in [0.4, 0.5) is 10.3 Å². The van der Waals surface area contributed by atoms with Crippen molar-refractivity contribution in [2.24, 2.45) is 10.2 Å². The van der Waals surface area contributed by atoms with Crippen LogP contribution in [0.1, 0.15) is 50.5 Å². The number of benzene rings is 3. The van der Waals surface area contributed by atoms with Gasteiger partial charge in [0.15, 0.2) is 0 Å². The van der Waals surface area contributed by atoms with Crippen molar-refractivity contribution in [1.82, 2.24) is 15.0 Å². The lowest BCUT2D eigenvalue weighted by Crippen LogP contribution is -2.10. The largest absolute Gasteiger partial charge is 0.287 e. The van der Waals surface area contributed by atoms with E-state index in [1.54, 1.807) is 23.6 Å². The number of aromatic nitrogens is 3. The van der Waals surface area contributed by atoms with Crippen LogP contribution in [0.5, 0.6) is 0 Å². The molecule has 0 spiro atoms. The summed E-state index contributed by atoms with van der Waals surface area (Å²) in [4.78, 5) is 27.1. The second kappa shape index (κ2) is 10.2. The van der Waals surface area contributed by atoms with E-state index in [-0.39, 0.29) is 11.7 Å². The number of anilines is 2. The molecule has 0 bridgehead atoms. The number of hydrogen-bond acceptors (Lipinski definition) is 11. The van der Waals surface area contributed by atoms with Crippen LogP contribution in [-0.4, -0.2) is 32.2 Å². The smallest absolute Gasteiger partial charge is 0.209 e. The lowest BCUT2D eigenvalue weighted by molar-refractivity contribution is 0.106. The van der Waals surface area contributed by atoms with Crippen molar-refractivity contribution in [2.45, 2.75) is 18.8 Å². The van der Waals surface area contributed by atoms with Gasteiger partial charge in [0.2, 0.25) is 16.0 Å². The van der Waals surface area contributed by atoms with Crippen LogP contribution in [0.25, 0.3) is 20.4 Å². The second-order valence-corrected chi connectivity index (χ2v) is 12.3. The second-order valence-electron chi connectivity index (χ2n) is 10.2. The van der Waals surface area contributed by atoms with Crippen molar-refractivity contribution in [2.75, 3.05) is 10.9 Å². The molecule has 3 heterocycles. The zero-order valence-corrected chi connectivity index (χ0v) is 24.0. The van der Waals surface area contributed by atoms with Crippen LogP contribution in [0.2, 0.25) is 0 Å². The van der Waals surface area contributed by atoms with E-state index in [1.165, 1.54) is 11.3 Å². The summed E-state index contributed by atoms with van der Waals surface area (Å²) in [5.74, 6) is -0.276. The van der Waals surface area contributed by atoms with E-state index >= 15 is 0 Å². The monoisotopic (exact) mass is 596 g/mol. The van der Waals surface area contributed by atoms with Gasteiger partial charge in [-0.1, -0.05) is 46.9 Å². The molecule has 0 fully saturated rings. The Kier molecular flexibility index (Phi) is 6.03. The van der Waals surface area contributed by atoms with Crippen molar-refractivity contribution in [3.05, 3.63) is 113 Å². The number of ketones is 1. The first-order valence-electron chi connectivity index (χ1n) is 13.6. The number of fused-ring (bicyclic) bond motifs is 4. The van der Waals surface area contributed by atoms with Gasteiger partial charge in [-0.3, -0.25) is 20.6 Å². The third kappa shape index (κ3) is 4.44. The molecule has 3 aromatic heterocycles. The molecule has 11 heteroatoms. The minimum atomic E-state index is -0.179. The highest BCUT2D eigenvalue weighted by Crippen LogP contribution is 2.42. The molecule has 0 saturated heterocycles. The van der Waals surface area contributed by atoms with E-state index in [2.05, 4.69) is 37.0 Å². The minimum absolute atomic E-state index is 0.0969. The Balaban J connectivity index is 1.13. The van der Waals surface area contributed by atoms with Crippen molar-refractivity contribution in [3.63, 3.8) is 0 Å². The fraction of sp³-hybridized carbons (Fsp3) is 0.0938. The topological polar surface area (TPSA) is 128 Å². The molecule has 3 aromatic carbocycles. The van der Waals surface area contributed by atoms with Gasteiger partial charge in [-0.25, -0.2) is 9.97 Å². The number of para-hydroxylation sites is 2. The van der Waals surface area contributed by atoms with Gasteiger partial charge >= 0.3 is 0 Å². The lowest BCUT2D eigenvalue weighted by Gasteiger charge is -2.16. The summed E-state index contributed by atoms with van der Waals surface area (Å²) in [6.07, 6.45) is 4.54. The predicted molar refractivity (Wildman–Crippen MR) is 170 cm³/mol. The Hall–Kier alpha value is -5.31. The maximum absolute atomic E-state index is 13.5. The number of hydrogen-bond donors (Lipinski definition) is 2. The standard InChI is InChI=1S/C32H20N8OS2/c33-15-17-11-19(21-14-27(30(41)22(21)12-17)38-40-32-36-25-6-2-4-8-29(25)43-32)20-13-26(23-16-34-10-9-18(20)23)37-39-31-35-24-5-1-3-7-28(24)42-31/h1-12,16,20H,13-14H2,(H,35,39)(H,36,40)/b37-26-,38-27-. The van der Waals surface area contributed by atoms with E-state index in [4.69, 9.17) is 5.10 Å². The number of rotatable bonds is 5. The fourth-order valence-corrected chi connectivity index (χ4v) is 7.40. The Labute approximate surface area is 253 Å². The minimum Gasteiger partial charge on any atom is -0.287 e. The third-order valence-electron chi connectivity index (χ3n) is 7.74. The third-order valence-corrected chi connectivity index (χ3v) is 9.62. The molecule has 2 aliphatic carbocycles. The van der Waals surface area contributed by atoms with Gasteiger partial charge in [0.1, 0.15) is 5.71 Å². The van der Waals surface area contributed by atoms with Gasteiger partial charge in [0, 0.05) is 42.3 Å². The number of nitrogens with zero attached hydrogens (tertiary/aromatic N) is 6. The summed E-state index contributed by atoms with van der Waals surface area (Å²) in [6.45, 7) is 0. The molecule has 1 atom stereocenters. The predicted octanol–water partition coefficient (Wildman–Crippen LogP) is 6.73. The number of Topliss-reactive ketones (excluding diaryl/α,β-unsaturated/α-hetero) is 1. The van der Waals surface area contributed by atoms with Crippen LogP contribution in [0, 0.1) is 11.3 Å². The number of thiazole rings is 2. The Morgan fingerprint density at radius 2 is 1.51 bits per heavy atom. The lowest BCUT2D eigenvalue weighted by atomic mass is 9.87. The number of pyridine rings is 1. The summed E-state index contributed by atoms with van der Waals surface area (Å²) in [5, 5.41) is 20.4. The highest BCUT2D eigenvalue weighted by molar-refractivity contribution is 7.22. The van der Waals surface area contributed by atoms with Crippen LogP contribution < -0.4 is 10.9 Å². The van der Waals surface area contributed by atoms with Crippen molar-refractivity contribution in [1.29, 1.82) is 5.26 Å². The molecule has 9 nitrogen and oxygen atoms in total. The Morgan fingerprint density at radius 1 is 0.837 bits per heavy atom. The summed E-state index contributed by atoms with van der Waals surface area (Å²) in [5.41, 5.74) is 14.0. The first-order chi connectivity index (χ1) is 21.1. The molecule has 2 N–H and O–H groups in total. The number of nitrogens with one attached hydrogen (secondary N) is 2. The van der Waals surface area contributed by atoms with Gasteiger partial charge in [-0.2, -0.15) is 15.5 Å². The fourth-order valence-electron chi connectivity index (χ4n) is 5.78. The van der Waals surface area contributed by atoms with Crippen LogP contribution in [0.3, 0.4) is 0 Å². The molecule has 43 heavy (non-hydrogen) atoms. The highest BCUT2D eigenvalue weighted by Gasteiger charge is 2.36. The Morgan fingerprint density at radius 3 is 2.19 bits per heavy atom. The quantitative estimate of drug-likeness (QED) is 0.211. The number of nitriles is 1. The molecule has 206 valence electrons. The summed E-state index contributed by atoms with van der Waals surface area (Å²) >= 11 is 3.02. The molecule has 2 aliphatic rings. The zero-order valence-electron chi connectivity index (χ0n) is 22.4. The van der Waals surface area contributed by atoms with Crippen LogP contribution in [-0.2, 0) is 6.42 Å². The van der Waals surface area contributed by atoms with Gasteiger partial charge in [0.05, 0.1) is 37.8 Å². The number of hydrazone groups is 2. The van der Waals surface area contributed by atoms with Crippen molar-refractivity contribution >= 4 is 70.6 Å². The first-order valence-corrected chi connectivity index (χ1v) is 15.2. The molecule has 8 rings (SSSR count). The van der Waals surface area contributed by atoms with E-state index in [1.807, 2.05) is 66.9 Å². The van der Waals surface area contributed by atoms with Crippen molar-refractivity contribution in [3.8, 4) is 6.07 Å². The van der Waals surface area contributed by atoms with E-state index in [9.17, 15) is 10.1 Å². The van der Waals surface area contributed by atoms with Gasteiger partial charge in [0.25, 0.3) is 0 Å². The average molecular weight is 597 g/mol.